The number of carbonyl (C=O) groups is 2. The van der Waals surface area contributed by atoms with Crippen LogP contribution in [-0.4, -0.2) is 65.7 Å². The number of carboxylic acid groups (broad SMARTS) is 1. The maximum atomic E-state index is 11.9. The molecule has 0 aromatic rings. The molecule has 0 aromatic heterocycles. The number of nitrogens with one attached hydrogen (secondary N) is 1. The second-order valence-electron chi connectivity index (χ2n) is 4.77. The van der Waals surface area contributed by atoms with Crippen molar-refractivity contribution in [1.82, 2.24) is 15.1 Å². The van der Waals surface area contributed by atoms with Crippen molar-refractivity contribution in [2.75, 3.05) is 32.7 Å². The Hall–Kier alpha value is -1.30. The highest BCUT2D eigenvalue weighted by atomic mass is 16.4. The maximum absolute atomic E-state index is 11.9. The number of aliphatic carboxylic acids is 1. The van der Waals surface area contributed by atoms with E-state index in [-0.39, 0.29) is 18.6 Å². The average Bonchev–Trinajstić information content (AvgIpc) is 2.53. The summed E-state index contributed by atoms with van der Waals surface area (Å²) in [4.78, 5) is 26.2. The van der Waals surface area contributed by atoms with Gasteiger partial charge in [0.15, 0.2) is 0 Å². The molecule has 1 atom stereocenters. The van der Waals surface area contributed by atoms with Crippen LogP contribution in [0.4, 0.5) is 4.79 Å². The highest BCUT2D eigenvalue weighted by Gasteiger charge is 2.20. The van der Waals surface area contributed by atoms with Crippen molar-refractivity contribution in [3.8, 4) is 0 Å². The summed E-state index contributed by atoms with van der Waals surface area (Å²) in [5.41, 5.74) is 0. The van der Waals surface area contributed by atoms with Crippen molar-refractivity contribution in [3.63, 3.8) is 0 Å². The fourth-order valence-corrected chi connectivity index (χ4v) is 1.93. The first-order chi connectivity index (χ1) is 8.52. The minimum Gasteiger partial charge on any atom is -0.480 e. The molecule has 1 fully saturated rings. The Labute approximate surface area is 108 Å². The molecule has 18 heavy (non-hydrogen) atoms. The quantitative estimate of drug-likeness (QED) is 0.773. The molecule has 6 heteroatoms. The predicted molar refractivity (Wildman–Crippen MR) is 68.6 cm³/mol. The van der Waals surface area contributed by atoms with E-state index in [2.05, 4.69) is 5.32 Å². The van der Waals surface area contributed by atoms with Gasteiger partial charge in [-0.25, -0.2) is 4.79 Å². The van der Waals surface area contributed by atoms with Crippen molar-refractivity contribution in [1.29, 1.82) is 0 Å². The summed E-state index contributed by atoms with van der Waals surface area (Å²) >= 11 is 0. The van der Waals surface area contributed by atoms with Gasteiger partial charge in [0.1, 0.15) is 0 Å². The molecule has 2 amide bonds. The normalized spacial score (nSPS) is 19.1. The van der Waals surface area contributed by atoms with Gasteiger partial charge in [0.2, 0.25) is 0 Å². The van der Waals surface area contributed by atoms with Crippen LogP contribution >= 0.6 is 0 Å². The van der Waals surface area contributed by atoms with Crippen molar-refractivity contribution in [2.45, 2.75) is 32.7 Å². The number of carboxylic acids is 1. The van der Waals surface area contributed by atoms with Gasteiger partial charge in [-0.2, -0.15) is 0 Å². The van der Waals surface area contributed by atoms with E-state index in [0.717, 1.165) is 19.4 Å². The number of amides is 2. The van der Waals surface area contributed by atoms with Crippen LogP contribution in [0.3, 0.4) is 0 Å². The van der Waals surface area contributed by atoms with Gasteiger partial charge in [0.05, 0.1) is 6.54 Å². The molecular formula is C12H23N3O3. The van der Waals surface area contributed by atoms with Crippen LogP contribution in [-0.2, 0) is 4.79 Å². The molecule has 0 aliphatic carbocycles. The topological polar surface area (TPSA) is 72.9 Å². The highest BCUT2D eigenvalue weighted by molar-refractivity contribution is 5.74. The van der Waals surface area contributed by atoms with Gasteiger partial charge in [-0.3, -0.25) is 9.69 Å². The molecule has 1 unspecified atom stereocenters. The minimum atomic E-state index is -0.812. The summed E-state index contributed by atoms with van der Waals surface area (Å²) < 4.78 is 0. The number of carbonyl (C=O) groups excluding carboxylic acids is 1. The van der Waals surface area contributed by atoms with Gasteiger partial charge in [-0.1, -0.05) is 6.92 Å². The Morgan fingerprint density at radius 2 is 2.00 bits per heavy atom. The molecule has 1 saturated heterocycles. The molecule has 0 radical (unpaired) electrons. The summed E-state index contributed by atoms with van der Waals surface area (Å²) in [6, 6.07) is 0.136. The number of urea groups is 1. The molecule has 1 aliphatic heterocycles. The summed E-state index contributed by atoms with van der Waals surface area (Å²) in [6.45, 7) is 6.71. The fraction of sp³-hybridized carbons (Fsp3) is 0.833. The van der Waals surface area contributed by atoms with Crippen LogP contribution in [0.25, 0.3) is 0 Å². The van der Waals surface area contributed by atoms with Gasteiger partial charge in [0, 0.05) is 32.2 Å². The van der Waals surface area contributed by atoms with Crippen molar-refractivity contribution in [3.05, 3.63) is 0 Å². The van der Waals surface area contributed by atoms with E-state index < -0.39 is 5.97 Å². The number of hydrogen-bond donors (Lipinski definition) is 2. The van der Waals surface area contributed by atoms with E-state index in [1.54, 1.807) is 4.90 Å². The molecule has 104 valence electrons. The van der Waals surface area contributed by atoms with Crippen molar-refractivity contribution in [2.24, 2.45) is 0 Å². The van der Waals surface area contributed by atoms with E-state index in [9.17, 15) is 9.59 Å². The Morgan fingerprint density at radius 1 is 1.28 bits per heavy atom. The monoisotopic (exact) mass is 257 g/mol. The lowest BCUT2D eigenvalue weighted by Gasteiger charge is -2.23. The first-order valence-corrected chi connectivity index (χ1v) is 6.52. The third-order valence-electron chi connectivity index (χ3n) is 3.22. The minimum absolute atomic E-state index is 0.0403. The molecule has 2 N–H and O–H groups in total. The van der Waals surface area contributed by atoms with E-state index >= 15 is 0 Å². The van der Waals surface area contributed by atoms with Gasteiger partial charge < -0.3 is 15.3 Å². The van der Waals surface area contributed by atoms with Crippen LogP contribution in [0.15, 0.2) is 0 Å². The maximum Gasteiger partial charge on any atom is 0.317 e. The molecule has 6 nitrogen and oxygen atoms in total. The first-order valence-electron chi connectivity index (χ1n) is 6.52. The SMILES string of the molecule is CCC(C)NC(=O)N1CCCN(CC(=O)O)CC1. The fourth-order valence-electron chi connectivity index (χ4n) is 1.93. The van der Waals surface area contributed by atoms with E-state index in [1.807, 2.05) is 18.7 Å². The molecule has 0 saturated carbocycles. The second kappa shape index (κ2) is 7.20. The standard InChI is InChI=1S/C12H23N3O3/c1-3-10(2)13-12(18)15-6-4-5-14(7-8-15)9-11(16)17/h10H,3-9H2,1-2H3,(H,13,18)(H,16,17). The van der Waals surface area contributed by atoms with Crippen LogP contribution in [0.2, 0.25) is 0 Å². The highest BCUT2D eigenvalue weighted by Crippen LogP contribution is 2.04. The molecule has 1 rings (SSSR count). The summed E-state index contributed by atoms with van der Waals surface area (Å²) in [7, 11) is 0. The van der Waals surface area contributed by atoms with Crippen LogP contribution in [0.1, 0.15) is 26.7 Å². The zero-order valence-electron chi connectivity index (χ0n) is 11.2. The van der Waals surface area contributed by atoms with Crippen molar-refractivity contribution < 1.29 is 14.7 Å². The van der Waals surface area contributed by atoms with Crippen LogP contribution in [0, 0.1) is 0 Å². The number of rotatable bonds is 4. The lowest BCUT2D eigenvalue weighted by atomic mass is 10.3. The first kappa shape index (κ1) is 14.8. The predicted octanol–water partition coefficient (Wildman–Crippen LogP) is 0.587. The molecule has 0 bridgehead atoms. The summed E-state index contributed by atoms with van der Waals surface area (Å²) in [6.07, 6.45) is 1.73. The van der Waals surface area contributed by atoms with Gasteiger partial charge in [0.25, 0.3) is 0 Å². The largest absolute Gasteiger partial charge is 0.480 e. The van der Waals surface area contributed by atoms with E-state index in [4.69, 9.17) is 5.11 Å². The van der Waals surface area contributed by atoms with Crippen molar-refractivity contribution >= 4 is 12.0 Å². The zero-order valence-corrected chi connectivity index (χ0v) is 11.2. The average molecular weight is 257 g/mol. The third-order valence-corrected chi connectivity index (χ3v) is 3.22. The Kier molecular flexibility index (Phi) is 5.91. The Morgan fingerprint density at radius 3 is 2.61 bits per heavy atom. The van der Waals surface area contributed by atoms with Gasteiger partial charge in [-0.05, 0) is 19.8 Å². The summed E-state index contributed by atoms with van der Waals surface area (Å²) in [5.74, 6) is -0.812. The molecular weight excluding hydrogens is 234 g/mol. The van der Waals surface area contributed by atoms with Crippen LogP contribution in [0.5, 0.6) is 0 Å². The van der Waals surface area contributed by atoms with E-state index in [0.29, 0.717) is 19.6 Å². The lowest BCUT2D eigenvalue weighted by Crippen LogP contribution is -2.45. The van der Waals surface area contributed by atoms with Crippen LogP contribution < -0.4 is 5.32 Å². The van der Waals surface area contributed by atoms with Gasteiger partial charge in [-0.15, -0.1) is 0 Å². The Balaban J connectivity index is 2.41. The molecule has 1 aliphatic rings. The smallest absolute Gasteiger partial charge is 0.317 e. The molecule has 0 spiro atoms. The Bertz CT molecular complexity index is 296. The van der Waals surface area contributed by atoms with E-state index in [1.165, 1.54) is 0 Å². The lowest BCUT2D eigenvalue weighted by molar-refractivity contribution is -0.138. The molecule has 0 aromatic carbocycles. The van der Waals surface area contributed by atoms with Gasteiger partial charge >= 0.3 is 12.0 Å². The number of hydrogen-bond acceptors (Lipinski definition) is 3. The third kappa shape index (κ3) is 4.91. The number of nitrogens with zero attached hydrogens (tertiary/aromatic N) is 2. The zero-order chi connectivity index (χ0) is 13.5. The molecule has 1 heterocycles. The second-order valence-corrected chi connectivity index (χ2v) is 4.77. The summed E-state index contributed by atoms with van der Waals surface area (Å²) in [5, 5.41) is 11.7.